The lowest BCUT2D eigenvalue weighted by Crippen LogP contribution is -2.60. The quantitative estimate of drug-likeness (QED) is 0.244. The molecule has 1 saturated heterocycles. The highest BCUT2D eigenvalue weighted by Gasteiger charge is 2.41. The number of benzene rings is 1. The first-order chi connectivity index (χ1) is 16.5. The number of carboxylic acid groups (broad SMARTS) is 1. The monoisotopic (exact) mass is 492 g/mol. The molecular weight excluding hydrogens is 456 g/mol. The summed E-state index contributed by atoms with van der Waals surface area (Å²) in [5, 5.41) is 34.1. The average Bonchev–Trinajstić information content (AvgIpc) is 3.31. The van der Waals surface area contributed by atoms with Crippen molar-refractivity contribution in [3.8, 4) is 5.75 Å². The summed E-state index contributed by atoms with van der Waals surface area (Å²) in [6.07, 6.45) is 0.291. The van der Waals surface area contributed by atoms with E-state index in [2.05, 4.69) is 10.6 Å². The smallest absolute Gasteiger partial charge is 0.326 e. The Hall–Kier alpha value is -3.18. The molecule has 0 aromatic heterocycles. The van der Waals surface area contributed by atoms with Gasteiger partial charge in [0.25, 0.3) is 0 Å². The van der Waals surface area contributed by atoms with Gasteiger partial charge in [-0.3, -0.25) is 14.4 Å². The second-order valence-electron chi connectivity index (χ2n) is 9.10. The molecule has 3 amide bonds. The summed E-state index contributed by atoms with van der Waals surface area (Å²) in [5.41, 5.74) is 6.69. The molecule has 11 nitrogen and oxygen atoms in total. The molecule has 1 aromatic carbocycles. The van der Waals surface area contributed by atoms with Crippen LogP contribution in [0.25, 0.3) is 0 Å². The number of phenolic OH excluding ortho intramolecular Hbond substituents is 1. The minimum atomic E-state index is -1.33. The number of hydrogen-bond acceptors (Lipinski definition) is 7. The molecule has 1 aromatic rings. The number of rotatable bonds is 11. The Balaban J connectivity index is 2.09. The van der Waals surface area contributed by atoms with E-state index in [1.165, 1.54) is 24.0 Å². The summed E-state index contributed by atoms with van der Waals surface area (Å²) in [5.74, 6) is -3.25. The minimum Gasteiger partial charge on any atom is -0.508 e. The van der Waals surface area contributed by atoms with Gasteiger partial charge in [0.15, 0.2) is 0 Å². The number of nitrogens with two attached hydrogens (primary N) is 1. The Kier molecular flexibility index (Phi) is 10.0. The zero-order valence-electron chi connectivity index (χ0n) is 20.3. The number of aromatic hydroxyl groups is 1. The molecule has 6 unspecified atom stereocenters. The van der Waals surface area contributed by atoms with Gasteiger partial charge in [0.2, 0.25) is 17.7 Å². The average molecular weight is 493 g/mol. The maximum atomic E-state index is 13.3. The van der Waals surface area contributed by atoms with Crippen molar-refractivity contribution >= 4 is 23.7 Å². The lowest BCUT2D eigenvalue weighted by Gasteiger charge is -2.31. The van der Waals surface area contributed by atoms with Gasteiger partial charge in [0.1, 0.15) is 23.9 Å². The number of hydrogen-bond donors (Lipinski definition) is 6. The normalized spacial score (nSPS) is 19.8. The maximum Gasteiger partial charge on any atom is 0.326 e. The topological polar surface area (TPSA) is 182 Å². The van der Waals surface area contributed by atoms with E-state index in [4.69, 9.17) is 5.73 Å². The van der Waals surface area contributed by atoms with E-state index in [0.717, 1.165) is 0 Å². The molecule has 0 saturated carbocycles. The summed E-state index contributed by atoms with van der Waals surface area (Å²) < 4.78 is 0. The van der Waals surface area contributed by atoms with Crippen LogP contribution in [0.5, 0.6) is 5.75 Å². The van der Waals surface area contributed by atoms with Crippen LogP contribution in [0, 0.1) is 5.92 Å². The number of nitrogens with one attached hydrogen (secondary N) is 2. The Morgan fingerprint density at radius 1 is 1.11 bits per heavy atom. The van der Waals surface area contributed by atoms with Gasteiger partial charge >= 0.3 is 5.97 Å². The van der Waals surface area contributed by atoms with Gasteiger partial charge in [-0.2, -0.15) is 0 Å². The summed E-state index contributed by atoms with van der Waals surface area (Å²) in [4.78, 5) is 51.7. The summed E-state index contributed by atoms with van der Waals surface area (Å²) >= 11 is 0. The first kappa shape index (κ1) is 28.1. The van der Waals surface area contributed by atoms with Crippen LogP contribution in [0.2, 0.25) is 0 Å². The lowest BCUT2D eigenvalue weighted by atomic mass is 9.98. The SMILES string of the molecule is CCC(C)C(NC(=O)C1CCCN1C(=O)C(NC(=O)C(N)Cc1ccc(O)cc1)C(C)O)C(=O)O. The zero-order chi connectivity index (χ0) is 26.3. The van der Waals surface area contributed by atoms with Crippen molar-refractivity contribution in [3.63, 3.8) is 0 Å². The van der Waals surface area contributed by atoms with Crippen LogP contribution in [0.15, 0.2) is 24.3 Å². The maximum absolute atomic E-state index is 13.3. The van der Waals surface area contributed by atoms with E-state index >= 15 is 0 Å². The first-order valence-electron chi connectivity index (χ1n) is 11.8. The zero-order valence-corrected chi connectivity index (χ0v) is 20.3. The van der Waals surface area contributed by atoms with Crippen molar-refractivity contribution < 1.29 is 34.5 Å². The van der Waals surface area contributed by atoms with Crippen molar-refractivity contribution in [3.05, 3.63) is 29.8 Å². The number of aliphatic hydroxyl groups excluding tert-OH is 1. The van der Waals surface area contributed by atoms with Crippen LogP contribution < -0.4 is 16.4 Å². The fraction of sp³-hybridized carbons (Fsp3) is 0.583. The van der Waals surface area contributed by atoms with E-state index in [0.29, 0.717) is 24.8 Å². The molecule has 1 heterocycles. The number of phenols is 1. The molecule has 1 fully saturated rings. The van der Waals surface area contributed by atoms with Crippen LogP contribution in [0.1, 0.15) is 45.6 Å². The predicted octanol–water partition coefficient (Wildman–Crippen LogP) is -0.266. The Labute approximate surface area is 204 Å². The number of amides is 3. The van der Waals surface area contributed by atoms with Crippen molar-refractivity contribution in [2.24, 2.45) is 11.7 Å². The van der Waals surface area contributed by atoms with Crippen LogP contribution in [-0.2, 0) is 25.6 Å². The number of carbonyl (C=O) groups excluding carboxylic acids is 3. The van der Waals surface area contributed by atoms with Gasteiger partial charge in [0, 0.05) is 6.54 Å². The molecular formula is C24H36N4O7. The van der Waals surface area contributed by atoms with Gasteiger partial charge in [-0.05, 0) is 49.8 Å². The van der Waals surface area contributed by atoms with Crippen molar-refractivity contribution in [1.82, 2.24) is 15.5 Å². The highest BCUT2D eigenvalue weighted by atomic mass is 16.4. The van der Waals surface area contributed by atoms with E-state index in [-0.39, 0.29) is 24.6 Å². The van der Waals surface area contributed by atoms with Crippen LogP contribution >= 0.6 is 0 Å². The molecule has 6 atom stereocenters. The molecule has 1 aliphatic rings. The first-order valence-corrected chi connectivity index (χ1v) is 11.8. The number of aliphatic carboxylic acids is 1. The number of aliphatic hydroxyl groups is 1. The van der Waals surface area contributed by atoms with E-state index in [1.807, 2.05) is 6.92 Å². The summed E-state index contributed by atoms with van der Waals surface area (Å²) in [6.45, 7) is 5.12. The van der Waals surface area contributed by atoms with Gasteiger partial charge in [-0.1, -0.05) is 32.4 Å². The molecule has 11 heteroatoms. The molecule has 0 bridgehead atoms. The lowest BCUT2D eigenvalue weighted by molar-refractivity contribution is -0.146. The molecule has 194 valence electrons. The van der Waals surface area contributed by atoms with Gasteiger partial charge < -0.3 is 36.6 Å². The second-order valence-corrected chi connectivity index (χ2v) is 9.10. The molecule has 1 aliphatic heterocycles. The molecule has 0 radical (unpaired) electrons. The fourth-order valence-electron chi connectivity index (χ4n) is 4.04. The van der Waals surface area contributed by atoms with Crippen molar-refractivity contribution in [2.75, 3.05) is 6.54 Å². The Morgan fingerprint density at radius 3 is 2.29 bits per heavy atom. The number of carboxylic acids is 1. The van der Waals surface area contributed by atoms with Gasteiger partial charge in [0.05, 0.1) is 12.1 Å². The fourth-order valence-corrected chi connectivity index (χ4v) is 4.04. The summed E-state index contributed by atoms with van der Waals surface area (Å²) in [7, 11) is 0. The highest BCUT2D eigenvalue weighted by molar-refractivity contribution is 5.94. The van der Waals surface area contributed by atoms with Gasteiger partial charge in [-0.15, -0.1) is 0 Å². The second kappa shape index (κ2) is 12.5. The number of nitrogens with zero attached hydrogens (tertiary/aromatic N) is 1. The van der Waals surface area contributed by atoms with E-state index in [9.17, 15) is 34.5 Å². The Bertz CT molecular complexity index is 906. The third-order valence-electron chi connectivity index (χ3n) is 6.39. The van der Waals surface area contributed by atoms with Crippen LogP contribution in [0.4, 0.5) is 0 Å². The van der Waals surface area contributed by atoms with E-state index in [1.54, 1.807) is 19.1 Å². The molecule has 0 aliphatic carbocycles. The van der Waals surface area contributed by atoms with Gasteiger partial charge in [-0.25, -0.2) is 4.79 Å². The third-order valence-corrected chi connectivity index (χ3v) is 6.39. The Morgan fingerprint density at radius 2 is 1.74 bits per heavy atom. The number of likely N-dealkylation sites (tertiary alicyclic amines) is 1. The van der Waals surface area contributed by atoms with Crippen molar-refractivity contribution in [2.45, 2.75) is 76.7 Å². The third kappa shape index (κ3) is 7.40. The minimum absolute atomic E-state index is 0.0783. The van der Waals surface area contributed by atoms with E-state index < -0.39 is 54.0 Å². The van der Waals surface area contributed by atoms with Crippen LogP contribution in [0.3, 0.4) is 0 Å². The summed E-state index contributed by atoms with van der Waals surface area (Å²) in [6, 6.07) is 1.85. The molecule has 2 rings (SSSR count). The van der Waals surface area contributed by atoms with Crippen molar-refractivity contribution in [1.29, 1.82) is 0 Å². The number of carbonyl (C=O) groups is 4. The highest BCUT2D eigenvalue weighted by Crippen LogP contribution is 2.21. The van der Waals surface area contributed by atoms with Crippen LogP contribution in [-0.4, -0.2) is 80.7 Å². The largest absolute Gasteiger partial charge is 0.508 e. The molecule has 7 N–H and O–H groups in total. The molecule has 35 heavy (non-hydrogen) atoms. The molecule has 0 spiro atoms. The predicted molar refractivity (Wildman–Crippen MR) is 127 cm³/mol. The standard InChI is InChI=1S/C24H36N4O7/c1-4-13(2)19(24(34)35)26-22(32)18-6-5-11-28(18)23(33)20(14(3)29)27-21(31)17(25)12-15-7-9-16(30)10-8-15/h7-10,13-14,17-20,29-30H,4-6,11-12,25H2,1-3H3,(H,26,32)(H,27,31)(H,34,35).